The Morgan fingerprint density at radius 3 is 2.56 bits per heavy atom. The molecular formula is C17H27N5O3. The van der Waals surface area contributed by atoms with Crippen LogP contribution in [-0.4, -0.2) is 75.5 Å². The lowest BCUT2D eigenvalue weighted by atomic mass is 9.97. The molecule has 1 aromatic rings. The largest absolute Gasteiger partial charge is 0.381 e. The first-order valence-electron chi connectivity index (χ1n) is 9.37. The van der Waals surface area contributed by atoms with E-state index in [1.165, 1.54) is 4.68 Å². The van der Waals surface area contributed by atoms with Crippen LogP contribution < -0.4 is 5.69 Å². The molecule has 25 heavy (non-hydrogen) atoms. The summed E-state index contributed by atoms with van der Waals surface area (Å²) < 4.78 is 8.48. The van der Waals surface area contributed by atoms with E-state index in [0.29, 0.717) is 19.0 Å². The summed E-state index contributed by atoms with van der Waals surface area (Å²) in [5, 5.41) is 4.24. The van der Waals surface area contributed by atoms with Crippen molar-refractivity contribution in [3.8, 4) is 0 Å². The zero-order chi connectivity index (χ0) is 17.4. The van der Waals surface area contributed by atoms with Gasteiger partial charge in [0.05, 0.1) is 5.92 Å². The number of carbonyl (C=O) groups excluding carboxylic acids is 1. The van der Waals surface area contributed by atoms with Gasteiger partial charge in [0, 0.05) is 65.4 Å². The standard InChI is InChI=1S/C17H27N5O3/c1-19-17(24)22-12-13(2-3-15(22)18-19)16(23)21-8-6-20(7-9-21)14-4-10-25-11-5-14/h13-14H,2-12H2,1H3/t13-/m0/s1. The summed E-state index contributed by atoms with van der Waals surface area (Å²) in [7, 11) is 1.67. The minimum atomic E-state index is -0.114. The summed E-state index contributed by atoms with van der Waals surface area (Å²) in [5.74, 6) is 0.915. The molecule has 0 aliphatic carbocycles. The van der Waals surface area contributed by atoms with Crippen LogP contribution in [0, 0.1) is 5.92 Å². The number of rotatable bonds is 2. The molecule has 1 aromatic heterocycles. The number of nitrogens with zero attached hydrogens (tertiary/aromatic N) is 5. The summed E-state index contributed by atoms with van der Waals surface area (Å²) >= 11 is 0. The molecule has 0 aromatic carbocycles. The average molecular weight is 349 g/mol. The van der Waals surface area contributed by atoms with Crippen molar-refractivity contribution in [2.24, 2.45) is 13.0 Å². The molecule has 0 saturated carbocycles. The Balaban J connectivity index is 1.35. The number of piperazine rings is 1. The Hall–Kier alpha value is -1.67. The zero-order valence-corrected chi connectivity index (χ0v) is 14.9. The van der Waals surface area contributed by atoms with Gasteiger partial charge in [0.25, 0.3) is 0 Å². The fraction of sp³-hybridized carbons (Fsp3) is 0.824. The number of hydrogen-bond donors (Lipinski definition) is 0. The van der Waals surface area contributed by atoms with E-state index in [0.717, 1.165) is 64.5 Å². The van der Waals surface area contributed by atoms with Gasteiger partial charge >= 0.3 is 5.69 Å². The van der Waals surface area contributed by atoms with Gasteiger partial charge in [-0.25, -0.2) is 9.48 Å². The van der Waals surface area contributed by atoms with Gasteiger partial charge in [-0.05, 0) is 19.3 Å². The first kappa shape index (κ1) is 16.8. The third kappa shape index (κ3) is 3.25. The highest BCUT2D eigenvalue weighted by Gasteiger charge is 2.33. The SMILES string of the molecule is Cn1nc2n(c1=O)C[C@@H](C(=O)N1CCN(C3CCOCC3)CC1)CC2. The van der Waals surface area contributed by atoms with E-state index in [-0.39, 0.29) is 17.5 Å². The van der Waals surface area contributed by atoms with Crippen molar-refractivity contribution in [2.45, 2.75) is 38.3 Å². The van der Waals surface area contributed by atoms with Crippen LogP contribution >= 0.6 is 0 Å². The van der Waals surface area contributed by atoms with Crippen LogP contribution in [0.4, 0.5) is 0 Å². The highest BCUT2D eigenvalue weighted by molar-refractivity contribution is 5.79. The van der Waals surface area contributed by atoms with Gasteiger partial charge in [-0.1, -0.05) is 0 Å². The Bertz CT molecular complexity index is 683. The quantitative estimate of drug-likeness (QED) is 0.718. The third-order valence-corrected chi connectivity index (χ3v) is 5.89. The van der Waals surface area contributed by atoms with Crippen LogP contribution in [-0.2, 0) is 29.5 Å². The van der Waals surface area contributed by atoms with Gasteiger partial charge in [-0.3, -0.25) is 14.3 Å². The second kappa shape index (κ2) is 6.92. The lowest BCUT2D eigenvalue weighted by molar-refractivity contribution is -0.139. The molecule has 1 amide bonds. The zero-order valence-electron chi connectivity index (χ0n) is 14.9. The molecule has 2 fully saturated rings. The molecule has 8 nitrogen and oxygen atoms in total. The molecule has 3 aliphatic rings. The molecule has 0 unspecified atom stereocenters. The van der Waals surface area contributed by atoms with Gasteiger partial charge in [-0.2, -0.15) is 5.10 Å². The maximum absolute atomic E-state index is 12.9. The van der Waals surface area contributed by atoms with Crippen molar-refractivity contribution in [2.75, 3.05) is 39.4 Å². The van der Waals surface area contributed by atoms with E-state index < -0.39 is 0 Å². The minimum Gasteiger partial charge on any atom is -0.381 e. The first-order valence-corrected chi connectivity index (χ1v) is 9.37. The van der Waals surface area contributed by atoms with E-state index in [9.17, 15) is 9.59 Å². The normalized spacial score (nSPS) is 25.8. The minimum absolute atomic E-state index is 0.0935. The van der Waals surface area contributed by atoms with Crippen molar-refractivity contribution < 1.29 is 9.53 Å². The topological polar surface area (TPSA) is 72.6 Å². The molecule has 3 aliphatic heterocycles. The smallest absolute Gasteiger partial charge is 0.345 e. The van der Waals surface area contributed by atoms with Crippen LogP contribution in [0.2, 0.25) is 0 Å². The summed E-state index contributed by atoms with van der Waals surface area (Å²) in [4.78, 5) is 29.5. The van der Waals surface area contributed by atoms with E-state index in [1.807, 2.05) is 4.90 Å². The Morgan fingerprint density at radius 2 is 1.84 bits per heavy atom. The van der Waals surface area contributed by atoms with Crippen LogP contribution in [0.15, 0.2) is 4.79 Å². The van der Waals surface area contributed by atoms with Crippen molar-refractivity contribution in [1.82, 2.24) is 24.1 Å². The van der Waals surface area contributed by atoms with Crippen molar-refractivity contribution in [3.63, 3.8) is 0 Å². The Morgan fingerprint density at radius 1 is 1.12 bits per heavy atom. The molecule has 8 heteroatoms. The molecule has 0 N–H and O–H groups in total. The van der Waals surface area contributed by atoms with Crippen LogP contribution in [0.3, 0.4) is 0 Å². The molecule has 138 valence electrons. The molecule has 0 bridgehead atoms. The van der Waals surface area contributed by atoms with Crippen LogP contribution in [0.25, 0.3) is 0 Å². The number of hydrogen-bond acceptors (Lipinski definition) is 5. The molecule has 0 radical (unpaired) electrons. The van der Waals surface area contributed by atoms with Crippen molar-refractivity contribution >= 4 is 5.91 Å². The second-order valence-corrected chi connectivity index (χ2v) is 7.37. The number of ether oxygens (including phenoxy) is 1. The predicted molar refractivity (Wildman–Crippen MR) is 91.3 cm³/mol. The lowest BCUT2D eigenvalue weighted by Gasteiger charge is -2.41. The number of fused-ring (bicyclic) bond motifs is 1. The van der Waals surface area contributed by atoms with Gasteiger partial charge < -0.3 is 9.64 Å². The van der Waals surface area contributed by atoms with E-state index in [4.69, 9.17) is 4.74 Å². The highest BCUT2D eigenvalue weighted by atomic mass is 16.5. The summed E-state index contributed by atoms with van der Waals surface area (Å²) in [6, 6.07) is 0.609. The third-order valence-electron chi connectivity index (χ3n) is 5.89. The van der Waals surface area contributed by atoms with E-state index in [2.05, 4.69) is 10.00 Å². The van der Waals surface area contributed by atoms with Gasteiger partial charge in [0.2, 0.25) is 5.91 Å². The van der Waals surface area contributed by atoms with Crippen LogP contribution in [0.1, 0.15) is 25.1 Å². The first-order chi connectivity index (χ1) is 12.1. The summed E-state index contributed by atoms with van der Waals surface area (Å²) in [6.45, 7) is 5.66. The molecular weight excluding hydrogens is 322 g/mol. The van der Waals surface area contributed by atoms with Crippen molar-refractivity contribution in [3.05, 3.63) is 16.3 Å². The second-order valence-electron chi connectivity index (χ2n) is 7.37. The summed E-state index contributed by atoms with van der Waals surface area (Å²) in [6.07, 6.45) is 3.69. The predicted octanol–water partition coefficient (Wildman–Crippen LogP) is -0.533. The fourth-order valence-corrected chi connectivity index (χ4v) is 4.36. The van der Waals surface area contributed by atoms with E-state index in [1.54, 1.807) is 11.6 Å². The van der Waals surface area contributed by atoms with Crippen LogP contribution in [0.5, 0.6) is 0 Å². The molecule has 4 heterocycles. The average Bonchev–Trinajstić information content (AvgIpc) is 2.95. The maximum Gasteiger partial charge on any atom is 0.345 e. The number of aromatic nitrogens is 3. The molecule has 4 rings (SSSR count). The fourth-order valence-electron chi connectivity index (χ4n) is 4.36. The lowest BCUT2D eigenvalue weighted by Crippen LogP contribution is -2.54. The molecule has 2 saturated heterocycles. The number of amides is 1. The van der Waals surface area contributed by atoms with E-state index >= 15 is 0 Å². The number of carbonyl (C=O) groups is 1. The summed E-state index contributed by atoms with van der Waals surface area (Å²) in [5.41, 5.74) is -0.114. The highest BCUT2D eigenvalue weighted by Crippen LogP contribution is 2.22. The Labute approximate surface area is 147 Å². The number of aryl methyl sites for hydroxylation is 2. The maximum atomic E-state index is 12.9. The van der Waals surface area contributed by atoms with Crippen molar-refractivity contribution in [1.29, 1.82) is 0 Å². The van der Waals surface area contributed by atoms with Gasteiger partial charge in [0.1, 0.15) is 5.82 Å². The molecule has 0 spiro atoms. The van der Waals surface area contributed by atoms with Gasteiger partial charge in [0.15, 0.2) is 0 Å². The van der Waals surface area contributed by atoms with Gasteiger partial charge in [-0.15, -0.1) is 0 Å². The monoisotopic (exact) mass is 349 g/mol. The Kier molecular flexibility index (Phi) is 4.64. The molecule has 1 atom stereocenters.